The highest BCUT2D eigenvalue weighted by Crippen LogP contribution is 2.33. The second-order valence-electron chi connectivity index (χ2n) is 8.26. The van der Waals surface area contributed by atoms with Crippen molar-refractivity contribution >= 4 is 33.0 Å². The van der Waals surface area contributed by atoms with Gasteiger partial charge in [-0.1, -0.05) is 38.3 Å². The summed E-state index contributed by atoms with van der Waals surface area (Å²) in [7, 11) is -3.84. The third-order valence-corrected chi connectivity index (χ3v) is 8.53. The van der Waals surface area contributed by atoms with Crippen LogP contribution in [0.5, 0.6) is 0 Å². The number of benzene rings is 1. The van der Waals surface area contributed by atoms with Gasteiger partial charge in [-0.2, -0.15) is 0 Å². The number of sulfonamides is 1. The quantitative estimate of drug-likeness (QED) is 0.329. The van der Waals surface area contributed by atoms with Gasteiger partial charge in [-0.05, 0) is 43.2 Å². The minimum absolute atomic E-state index is 0.129. The van der Waals surface area contributed by atoms with E-state index in [1.807, 2.05) is 0 Å². The number of nitrogens with zero attached hydrogens (tertiary/aromatic N) is 1. The number of aliphatic hydroxyl groups is 1. The van der Waals surface area contributed by atoms with E-state index in [0.29, 0.717) is 22.5 Å². The molecule has 1 aromatic carbocycles. The maximum Gasteiger partial charge on any atom is 0.348 e. The van der Waals surface area contributed by atoms with Crippen LogP contribution in [0.25, 0.3) is 0 Å². The van der Waals surface area contributed by atoms with Crippen molar-refractivity contribution in [2.24, 2.45) is 0 Å². The molecule has 7 nitrogen and oxygen atoms in total. The SMILES string of the molecule is CCCCCC(O)c1ccc(N2C(COCc3ccc(C(=O)OCC)s3)C(F)CS2(=O)=O)cc1. The van der Waals surface area contributed by atoms with Gasteiger partial charge in [-0.15, -0.1) is 11.3 Å². The van der Waals surface area contributed by atoms with Crippen molar-refractivity contribution in [2.45, 2.75) is 64.5 Å². The summed E-state index contributed by atoms with van der Waals surface area (Å²) < 4.78 is 51.8. The molecule has 2 heterocycles. The molecule has 3 unspecified atom stereocenters. The Kier molecular flexibility index (Phi) is 9.47. The molecule has 34 heavy (non-hydrogen) atoms. The standard InChI is InChI=1S/C24H32FNO6S2/c1-3-5-6-7-22(27)17-8-10-18(11-9-17)26-21(20(25)16-34(26,29)30)15-31-14-19-12-13-23(33-19)24(28)32-4-2/h8-13,20-22,27H,3-7,14-16H2,1-2H3. The highest BCUT2D eigenvalue weighted by atomic mass is 32.2. The molecule has 0 spiro atoms. The Morgan fingerprint density at radius 2 is 1.94 bits per heavy atom. The molecule has 1 aliphatic heterocycles. The molecule has 0 aliphatic carbocycles. The van der Waals surface area contributed by atoms with E-state index >= 15 is 0 Å². The summed E-state index contributed by atoms with van der Waals surface area (Å²) in [5, 5.41) is 10.4. The molecule has 3 rings (SSSR count). The average molecular weight is 514 g/mol. The van der Waals surface area contributed by atoms with Gasteiger partial charge in [0.2, 0.25) is 10.0 Å². The van der Waals surface area contributed by atoms with E-state index in [4.69, 9.17) is 9.47 Å². The van der Waals surface area contributed by atoms with Gasteiger partial charge in [0.05, 0.1) is 31.6 Å². The molecular weight excluding hydrogens is 481 g/mol. The molecule has 1 fully saturated rings. The van der Waals surface area contributed by atoms with E-state index in [0.717, 1.165) is 28.4 Å². The van der Waals surface area contributed by atoms with E-state index in [2.05, 4.69) is 6.92 Å². The third kappa shape index (κ3) is 6.56. The second-order valence-corrected chi connectivity index (χ2v) is 11.3. The number of ether oxygens (including phenoxy) is 2. The largest absolute Gasteiger partial charge is 0.462 e. The number of unbranched alkanes of at least 4 members (excludes halogenated alkanes) is 2. The van der Waals surface area contributed by atoms with Gasteiger partial charge in [-0.25, -0.2) is 17.6 Å². The third-order valence-electron chi connectivity index (χ3n) is 5.67. The topological polar surface area (TPSA) is 93.1 Å². The van der Waals surface area contributed by atoms with Crippen LogP contribution in [0, 0.1) is 0 Å². The number of carbonyl (C=O) groups excluding carboxylic acids is 1. The molecular formula is C24H32FNO6S2. The van der Waals surface area contributed by atoms with Crippen LogP contribution in [0.3, 0.4) is 0 Å². The molecule has 0 bridgehead atoms. The fraction of sp³-hybridized carbons (Fsp3) is 0.542. The van der Waals surface area contributed by atoms with Gasteiger partial charge >= 0.3 is 5.97 Å². The first kappa shape index (κ1) is 26.6. The number of thiophene rings is 1. The zero-order valence-corrected chi connectivity index (χ0v) is 21.1. The molecule has 1 saturated heterocycles. The molecule has 0 amide bonds. The van der Waals surface area contributed by atoms with Crippen molar-refractivity contribution < 1.29 is 32.2 Å². The number of carbonyl (C=O) groups is 1. The van der Waals surface area contributed by atoms with Gasteiger partial charge in [-0.3, -0.25) is 4.31 Å². The summed E-state index contributed by atoms with van der Waals surface area (Å²) in [4.78, 5) is 13.0. The first-order chi connectivity index (χ1) is 16.3. The minimum atomic E-state index is -3.84. The Morgan fingerprint density at radius 1 is 1.21 bits per heavy atom. The lowest BCUT2D eigenvalue weighted by Crippen LogP contribution is -2.39. The van der Waals surface area contributed by atoms with Crippen LogP contribution in [0.2, 0.25) is 0 Å². The van der Waals surface area contributed by atoms with E-state index in [9.17, 15) is 22.7 Å². The summed E-state index contributed by atoms with van der Waals surface area (Å²) in [6, 6.07) is 8.97. The van der Waals surface area contributed by atoms with Crippen LogP contribution >= 0.6 is 11.3 Å². The lowest BCUT2D eigenvalue weighted by molar-refractivity contribution is 0.0532. The van der Waals surface area contributed by atoms with Crippen molar-refractivity contribution in [1.82, 2.24) is 0 Å². The van der Waals surface area contributed by atoms with Crippen LogP contribution in [0.4, 0.5) is 10.1 Å². The minimum Gasteiger partial charge on any atom is -0.462 e. The highest BCUT2D eigenvalue weighted by molar-refractivity contribution is 7.93. The number of rotatable bonds is 12. The maximum absolute atomic E-state index is 14.7. The molecule has 1 aromatic heterocycles. The van der Waals surface area contributed by atoms with Crippen LogP contribution in [-0.2, 0) is 26.1 Å². The Bertz CT molecular complexity index is 1040. The molecule has 3 atom stereocenters. The number of hydrogen-bond donors (Lipinski definition) is 1. The van der Waals surface area contributed by atoms with Crippen molar-refractivity contribution in [1.29, 1.82) is 0 Å². The summed E-state index contributed by atoms with van der Waals surface area (Å²) in [5.74, 6) is -1.01. The summed E-state index contributed by atoms with van der Waals surface area (Å²) in [6.07, 6.45) is 1.44. The average Bonchev–Trinajstić information content (AvgIpc) is 3.36. The number of aliphatic hydroxyl groups excluding tert-OH is 1. The number of halogens is 1. The first-order valence-electron chi connectivity index (χ1n) is 11.5. The van der Waals surface area contributed by atoms with Gasteiger partial charge in [0.1, 0.15) is 22.8 Å². The number of esters is 1. The predicted molar refractivity (Wildman–Crippen MR) is 130 cm³/mol. The Balaban J connectivity index is 1.65. The first-order valence-corrected chi connectivity index (χ1v) is 14.0. The maximum atomic E-state index is 14.7. The number of alkyl halides is 1. The molecule has 10 heteroatoms. The number of hydrogen-bond acceptors (Lipinski definition) is 7. The van der Waals surface area contributed by atoms with E-state index in [1.165, 1.54) is 11.3 Å². The van der Waals surface area contributed by atoms with Gasteiger partial charge in [0, 0.05) is 4.88 Å². The van der Waals surface area contributed by atoms with Crippen molar-refractivity contribution in [3.8, 4) is 0 Å². The smallest absolute Gasteiger partial charge is 0.348 e. The van der Waals surface area contributed by atoms with Crippen molar-refractivity contribution in [2.75, 3.05) is 23.3 Å². The van der Waals surface area contributed by atoms with E-state index < -0.39 is 40.1 Å². The van der Waals surface area contributed by atoms with Crippen molar-refractivity contribution in [3.63, 3.8) is 0 Å². The lowest BCUT2D eigenvalue weighted by atomic mass is 10.0. The summed E-state index contributed by atoms with van der Waals surface area (Å²) >= 11 is 1.22. The van der Waals surface area contributed by atoms with Crippen molar-refractivity contribution in [3.05, 3.63) is 51.7 Å². The molecule has 1 N–H and O–H groups in total. The molecule has 2 aromatic rings. The monoisotopic (exact) mass is 513 g/mol. The van der Waals surface area contributed by atoms with E-state index in [1.54, 1.807) is 43.3 Å². The van der Waals surface area contributed by atoms with Crippen LogP contribution in [0.1, 0.15) is 65.7 Å². The molecule has 1 aliphatic rings. The van der Waals surface area contributed by atoms with Crippen LogP contribution in [-0.4, -0.2) is 50.7 Å². The van der Waals surface area contributed by atoms with E-state index in [-0.39, 0.29) is 19.8 Å². The molecule has 0 saturated carbocycles. The fourth-order valence-electron chi connectivity index (χ4n) is 3.92. The second kappa shape index (κ2) is 12.1. The van der Waals surface area contributed by atoms with Gasteiger partial charge in [0.25, 0.3) is 0 Å². The Hall–Kier alpha value is -2.01. The zero-order valence-electron chi connectivity index (χ0n) is 19.5. The molecule has 0 radical (unpaired) electrons. The van der Waals surface area contributed by atoms with Crippen LogP contribution in [0.15, 0.2) is 36.4 Å². The Morgan fingerprint density at radius 3 is 2.62 bits per heavy atom. The zero-order chi connectivity index (χ0) is 24.7. The summed E-state index contributed by atoms with van der Waals surface area (Å²) in [6.45, 7) is 4.11. The van der Waals surface area contributed by atoms with Gasteiger partial charge < -0.3 is 14.6 Å². The lowest BCUT2D eigenvalue weighted by Gasteiger charge is -2.26. The fourth-order valence-corrected chi connectivity index (χ4v) is 6.59. The van der Waals surface area contributed by atoms with Gasteiger partial charge in [0.15, 0.2) is 0 Å². The van der Waals surface area contributed by atoms with Crippen LogP contribution < -0.4 is 4.31 Å². The number of anilines is 1. The predicted octanol–water partition coefficient (Wildman–Crippen LogP) is 4.61. The normalized spacial score (nSPS) is 20.4. The summed E-state index contributed by atoms with van der Waals surface area (Å²) in [5.41, 5.74) is 1.05. The highest BCUT2D eigenvalue weighted by Gasteiger charge is 2.45. The molecule has 188 valence electrons. The Labute approximate surface area is 204 Å².